The smallest absolute Gasteiger partial charge is 0.224 e. The SMILES string of the molecule is CCC(CN)C(=O)NCCn1cccn1. The van der Waals surface area contributed by atoms with Crippen molar-refractivity contribution >= 4 is 5.91 Å². The third-order valence-electron chi connectivity index (χ3n) is 2.35. The molecule has 0 saturated heterocycles. The maximum atomic E-state index is 11.5. The summed E-state index contributed by atoms with van der Waals surface area (Å²) in [7, 11) is 0. The molecule has 1 unspecified atom stereocenters. The molecule has 0 radical (unpaired) electrons. The van der Waals surface area contributed by atoms with E-state index in [1.54, 1.807) is 10.9 Å². The van der Waals surface area contributed by atoms with Crippen molar-refractivity contribution in [3.05, 3.63) is 18.5 Å². The van der Waals surface area contributed by atoms with Gasteiger partial charge in [0.1, 0.15) is 0 Å². The van der Waals surface area contributed by atoms with E-state index in [1.807, 2.05) is 19.2 Å². The predicted molar refractivity (Wildman–Crippen MR) is 58.1 cm³/mol. The fraction of sp³-hybridized carbons (Fsp3) is 0.600. The average molecular weight is 210 g/mol. The van der Waals surface area contributed by atoms with E-state index in [4.69, 9.17) is 5.73 Å². The number of nitrogens with one attached hydrogen (secondary N) is 1. The molecule has 1 atom stereocenters. The first-order valence-corrected chi connectivity index (χ1v) is 5.23. The van der Waals surface area contributed by atoms with Crippen LogP contribution in [0, 0.1) is 5.92 Å². The van der Waals surface area contributed by atoms with Crippen LogP contribution in [0.4, 0.5) is 0 Å². The summed E-state index contributed by atoms with van der Waals surface area (Å²) in [5.74, 6) is -0.0326. The van der Waals surface area contributed by atoms with Gasteiger partial charge in [-0.1, -0.05) is 6.92 Å². The van der Waals surface area contributed by atoms with Gasteiger partial charge in [0.05, 0.1) is 6.54 Å². The molecule has 0 aliphatic carbocycles. The molecule has 0 saturated carbocycles. The number of carbonyl (C=O) groups is 1. The minimum atomic E-state index is -0.0670. The Morgan fingerprint density at radius 1 is 1.67 bits per heavy atom. The number of hydrogen-bond donors (Lipinski definition) is 2. The van der Waals surface area contributed by atoms with Gasteiger partial charge in [0.25, 0.3) is 0 Å². The molecule has 0 bridgehead atoms. The number of aromatic nitrogens is 2. The molecule has 1 aromatic heterocycles. The van der Waals surface area contributed by atoms with Gasteiger partial charge in [-0.25, -0.2) is 0 Å². The molecule has 0 aromatic carbocycles. The van der Waals surface area contributed by atoms with Crippen LogP contribution in [0.25, 0.3) is 0 Å². The van der Waals surface area contributed by atoms with Crippen molar-refractivity contribution < 1.29 is 4.79 Å². The van der Waals surface area contributed by atoms with Gasteiger partial charge < -0.3 is 11.1 Å². The van der Waals surface area contributed by atoms with E-state index < -0.39 is 0 Å². The highest BCUT2D eigenvalue weighted by atomic mass is 16.1. The Morgan fingerprint density at radius 3 is 3.00 bits per heavy atom. The quantitative estimate of drug-likeness (QED) is 0.693. The van der Waals surface area contributed by atoms with Gasteiger partial charge in [-0.3, -0.25) is 9.48 Å². The minimum absolute atomic E-state index is 0.0344. The molecule has 84 valence electrons. The highest BCUT2D eigenvalue weighted by Crippen LogP contribution is 1.98. The lowest BCUT2D eigenvalue weighted by molar-refractivity contribution is -0.124. The second-order valence-electron chi connectivity index (χ2n) is 3.40. The van der Waals surface area contributed by atoms with Crippen LogP contribution in [-0.4, -0.2) is 28.8 Å². The second kappa shape index (κ2) is 6.19. The van der Waals surface area contributed by atoms with Gasteiger partial charge in [-0.15, -0.1) is 0 Å². The van der Waals surface area contributed by atoms with E-state index in [9.17, 15) is 4.79 Å². The topological polar surface area (TPSA) is 72.9 Å². The molecule has 0 aliphatic heterocycles. The molecular weight excluding hydrogens is 192 g/mol. The van der Waals surface area contributed by atoms with Crippen LogP contribution >= 0.6 is 0 Å². The maximum absolute atomic E-state index is 11.5. The monoisotopic (exact) mass is 210 g/mol. The lowest BCUT2D eigenvalue weighted by atomic mass is 10.1. The third kappa shape index (κ3) is 3.71. The summed E-state index contributed by atoms with van der Waals surface area (Å²) in [4.78, 5) is 11.5. The van der Waals surface area contributed by atoms with Gasteiger partial charge in [-0.2, -0.15) is 5.10 Å². The van der Waals surface area contributed by atoms with E-state index in [2.05, 4.69) is 10.4 Å². The Morgan fingerprint density at radius 2 is 2.47 bits per heavy atom. The van der Waals surface area contributed by atoms with Crippen molar-refractivity contribution in [3.63, 3.8) is 0 Å². The Labute approximate surface area is 89.6 Å². The number of rotatable bonds is 6. The summed E-state index contributed by atoms with van der Waals surface area (Å²) < 4.78 is 1.78. The van der Waals surface area contributed by atoms with Crippen molar-refractivity contribution in [1.29, 1.82) is 0 Å². The summed E-state index contributed by atoms with van der Waals surface area (Å²) in [6.45, 7) is 3.66. The summed E-state index contributed by atoms with van der Waals surface area (Å²) in [5.41, 5.74) is 5.47. The van der Waals surface area contributed by atoms with Crippen LogP contribution in [0.2, 0.25) is 0 Å². The van der Waals surface area contributed by atoms with Crippen molar-refractivity contribution in [2.75, 3.05) is 13.1 Å². The highest BCUT2D eigenvalue weighted by molar-refractivity contribution is 5.78. The van der Waals surface area contributed by atoms with E-state index >= 15 is 0 Å². The summed E-state index contributed by atoms with van der Waals surface area (Å²) in [5, 5.41) is 6.88. The lowest BCUT2D eigenvalue weighted by Gasteiger charge is -2.12. The van der Waals surface area contributed by atoms with Crippen LogP contribution in [0.5, 0.6) is 0 Å². The molecule has 5 nitrogen and oxygen atoms in total. The zero-order valence-corrected chi connectivity index (χ0v) is 9.02. The first-order chi connectivity index (χ1) is 7.27. The Bertz CT molecular complexity index is 280. The predicted octanol–water partition coefficient (Wildman–Crippen LogP) is -0.0158. The van der Waals surface area contributed by atoms with E-state index in [1.165, 1.54) is 0 Å². The molecule has 3 N–H and O–H groups in total. The Kier molecular flexibility index (Phi) is 4.83. The number of carbonyl (C=O) groups excluding carboxylic acids is 1. The van der Waals surface area contributed by atoms with E-state index in [0.717, 1.165) is 6.42 Å². The fourth-order valence-electron chi connectivity index (χ4n) is 1.33. The van der Waals surface area contributed by atoms with Crippen molar-refractivity contribution in [2.45, 2.75) is 19.9 Å². The normalized spacial score (nSPS) is 12.4. The van der Waals surface area contributed by atoms with Gasteiger partial charge >= 0.3 is 0 Å². The number of amides is 1. The molecule has 1 aromatic rings. The van der Waals surface area contributed by atoms with E-state index in [-0.39, 0.29) is 11.8 Å². The molecule has 0 fully saturated rings. The molecule has 1 heterocycles. The highest BCUT2D eigenvalue weighted by Gasteiger charge is 2.13. The largest absolute Gasteiger partial charge is 0.354 e. The number of nitrogens with zero attached hydrogens (tertiary/aromatic N) is 2. The molecule has 0 spiro atoms. The first kappa shape index (κ1) is 11.7. The number of nitrogens with two attached hydrogens (primary N) is 1. The fourth-order valence-corrected chi connectivity index (χ4v) is 1.33. The Balaban J connectivity index is 2.22. The van der Waals surface area contributed by atoms with Crippen LogP contribution in [0.1, 0.15) is 13.3 Å². The number of hydrogen-bond acceptors (Lipinski definition) is 3. The first-order valence-electron chi connectivity index (χ1n) is 5.23. The average Bonchev–Trinajstić information content (AvgIpc) is 2.72. The van der Waals surface area contributed by atoms with Gasteiger partial charge in [0, 0.05) is 31.4 Å². The summed E-state index contributed by atoms with van der Waals surface area (Å²) >= 11 is 0. The van der Waals surface area contributed by atoms with Gasteiger partial charge in [-0.05, 0) is 12.5 Å². The van der Waals surface area contributed by atoms with Crippen molar-refractivity contribution in [1.82, 2.24) is 15.1 Å². The van der Waals surface area contributed by atoms with Crippen LogP contribution < -0.4 is 11.1 Å². The second-order valence-corrected chi connectivity index (χ2v) is 3.40. The minimum Gasteiger partial charge on any atom is -0.354 e. The summed E-state index contributed by atoms with van der Waals surface area (Å²) in [6.07, 6.45) is 4.37. The molecule has 1 amide bonds. The Hall–Kier alpha value is -1.36. The molecule has 15 heavy (non-hydrogen) atoms. The molecule has 0 aliphatic rings. The van der Waals surface area contributed by atoms with Crippen molar-refractivity contribution in [2.24, 2.45) is 11.7 Å². The zero-order chi connectivity index (χ0) is 11.1. The van der Waals surface area contributed by atoms with Gasteiger partial charge in [0.2, 0.25) is 5.91 Å². The van der Waals surface area contributed by atoms with E-state index in [0.29, 0.717) is 19.6 Å². The molecular formula is C10H18N4O. The van der Waals surface area contributed by atoms with Crippen LogP contribution in [0.15, 0.2) is 18.5 Å². The zero-order valence-electron chi connectivity index (χ0n) is 9.02. The molecule has 5 heteroatoms. The standard InChI is InChI=1S/C10H18N4O/c1-2-9(8-11)10(15)12-5-7-14-6-3-4-13-14/h3-4,6,9H,2,5,7-8,11H2,1H3,(H,12,15). The van der Waals surface area contributed by atoms with Crippen LogP contribution in [-0.2, 0) is 11.3 Å². The summed E-state index contributed by atoms with van der Waals surface area (Å²) in [6, 6.07) is 1.86. The molecule has 1 rings (SSSR count). The van der Waals surface area contributed by atoms with Crippen molar-refractivity contribution in [3.8, 4) is 0 Å². The lowest BCUT2D eigenvalue weighted by Crippen LogP contribution is -2.36. The third-order valence-corrected chi connectivity index (χ3v) is 2.35. The van der Waals surface area contributed by atoms with Gasteiger partial charge in [0.15, 0.2) is 0 Å². The maximum Gasteiger partial charge on any atom is 0.224 e. The van der Waals surface area contributed by atoms with Crippen LogP contribution in [0.3, 0.4) is 0 Å².